The topological polar surface area (TPSA) is 15.3 Å². The summed E-state index contributed by atoms with van der Waals surface area (Å²) in [5, 5.41) is 3.95. The van der Waals surface area contributed by atoms with Crippen molar-refractivity contribution in [2.75, 3.05) is 26.2 Å². The molecule has 1 N–H and O–H groups in total. The SMILES string of the molecule is CC(C)C[C@@H](c1cc(Cl)ccc1F)N1CCNCC1.Cl.Cl. The van der Waals surface area contributed by atoms with Gasteiger partial charge in [0.2, 0.25) is 0 Å². The molecule has 0 aliphatic carbocycles. The van der Waals surface area contributed by atoms with Gasteiger partial charge < -0.3 is 5.32 Å². The summed E-state index contributed by atoms with van der Waals surface area (Å²) in [5.41, 5.74) is 0.739. The Morgan fingerprint density at radius 2 is 1.86 bits per heavy atom. The normalized spacial score (nSPS) is 17.0. The number of piperazine rings is 1. The lowest BCUT2D eigenvalue weighted by Crippen LogP contribution is -2.45. The molecule has 1 heterocycles. The third-order valence-electron chi connectivity index (χ3n) is 3.60. The second kappa shape index (κ2) is 9.86. The summed E-state index contributed by atoms with van der Waals surface area (Å²) in [6.45, 7) is 8.22. The molecule has 21 heavy (non-hydrogen) atoms. The molecule has 2 rings (SSSR count). The van der Waals surface area contributed by atoms with Crippen molar-refractivity contribution in [2.24, 2.45) is 5.92 Å². The highest BCUT2D eigenvalue weighted by Crippen LogP contribution is 2.31. The number of rotatable bonds is 4. The Bertz CT molecular complexity index is 423. The Morgan fingerprint density at radius 1 is 1.24 bits per heavy atom. The summed E-state index contributed by atoms with van der Waals surface area (Å²) in [7, 11) is 0. The fourth-order valence-corrected chi connectivity index (χ4v) is 2.86. The molecule has 1 aliphatic rings. The fourth-order valence-electron chi connectivity index (χ4n) is 2.68. The summed E-state index contributed by atoms with van der Waals surface area (Å²) >= 11 is 6.04. The molecule has 1 fully saturated rings. The van der Waals surface area contributed by atoms with Gasteiger partial charge in [-0.1, -0.05) is 25.4 Å². The van der Waals surface area contributed by atoms with Crippen molar-refractivity contribution in [3.05, 3.63) is 34.6 Å². The van der Waals surface area contributed by atoms with Gasteiger partial charge in [-0.15, -0.1) is 24.8 Å². The molecule has 0 spiro atoms. The van der Waals surface area contributed by atoms with Gasteiger partial charge in [0.15, 0.2) is 0 Å². The van der Waals surface area contributed by atoms with Crippen LogP contribution in [0.2, 0.25) is 5.02 Å². The van der Waals surface area contributed by atoms with E-state index in [1.807, 2.05) is 0 Å². The predicted molar refractivity (Wildman–Crippen MR) is 92.5 cm³/mol. The van der Waals surface area contributed by atoms with Gasteiger partial charge in [0.05, 0.1) is 0 Å². The van der Waals surface area contributed by atoms with Crippen LogP contribution in [-0.2, 0) is 0 Å². The number of hydrogen-bond acceptors (Lipinski definition) is 2. The molecular weight excluding hydrogens is 334 g/mol. The van der Waals surface area contributed by atoms with E-state index in [9.17, 15) is 4.39 Å². The van der Waals surface area contributed by atoms with Crippen molar-refractivity contribution >= 4 is 36.4 Å². The molecule has 122 valence electrons. The van der Waals surface area contributed by atoms with Crippen LogP contribution in [0.3, 0.4) is 0 Å². The van der Waals surface area contributed by atoms with Gasteiger partial charge in [-0.2, -0.15) is 0 Å². The van der Waals surface area contributed by atoms with Crippen molar-refractivity contribution in [1.82, 2.24) is 10.2 Å². The molecule has 0 bridgehead atoms. The van der Waals surface area contributed by atoms with Crippen LogP contribution in [0.5, 0.6) is 0 Å². The van der Waals surface area contributed by atoms with Crippen LogP contribution in [0.4, 0.5) is 4.39 Å². The third kappa shape index (κ3) is 5.91. The van der Waals surface area contributed by atoms with E-state index in [4.69, 9.17) is 11.6 Å². The minimum atomic E-state index is -0.145. The maximum atomic E-state index is 14.1. The Labute approximate surface area is 144 Å². The molecule has 1 aromatic rings. The first kappa shape index (κ1) is 20.9. The number of benzene rings is 1. The van der Waals surface area contributed by atoms with Crippen molar-refractivity contribution in [2.45, 2.75) is 26.3 Å². The molecule has 1 atom stereocenters. The van der Waals surface area contributed by atoms with Crippen LogP contribution < -0.4 is 5.32 Å². The van der Waals surface area contributed by atoms with E-state index in [1.54, 1.807) is 12.1 Å². The molecule has 2 nitrogen and oxygen atoms in total. The van der Waals surface area contributed by atoms with E-state index in [-0.39, 0.29) is 36.7 Å². The predicted octanol–water partition coefficient (Wildman–Crippen LogP) is 4.32. The Morgan fingerprint density at radius 3 is 2.43 bits per heavy atom. The number of hydrogen-bond donors (Lipinski definition) is 1. The van der Waals surface area contributed by atoms with E-state index >= 15 is 0 Å². The molecule has 1 aliphatic heterocycles. The Kier molecular flexibility index (Phi) is 9.83. The van der Waals surface area contributed by atoms with Gasteiger partial charge in [-0.25, -0.2) is 4.39 Å². The average molecular weight is 358 g/mol. The Hall–Kier alpha value is -0.0600. The minimum Gasteiger partial charge on any atom is -0.314 e. The summed E-state index contributed by atoms with van der Waals surface area (Å²) in [5.74, 6) is 0.381. The summed E-state index contributed by atoms with van der Waals surface area (Å²) in [6.07, 6.45) is 0.956. The molecular formula is C15H24Cl3FN2. The molecule has 0 unspecified atom stereocenters. The first-order chi connectivity index (χ1) is 9.08. The molecule has 1 saturated heterocycles. The molecule has 0 aromatic heterocycles. The van der Waals surface area contributed by atoms with E-state index in [0.29, 0.717) is 10.9 Å². The maximum Gasteiger partial charge on any atom is 0.128 e. The summed E-state index contributed by atoms with van der Waals surface area (Å²) in [6, 6.07) is 5.00. The number of halogens is 4. The molecule has 0 radical (unpaired) electrons. The van der Waals surface area contributed by atoms with Crippen LogP contribution in [0.1, 0.15) is 31.9 Å². The third-order valence-corrected chi connectivity index (χ3v) is 3.84. The van der Waals surface area contributed by atoms with Crippen molar-refractivity contribution < 1.29 is 4.39 Å². The number of nitrogens with zero attached hydrogens (tertiary/aromatic N) is 1. The quantitative estimate of drug-likeness (QED) is 0.863. The van der Waals surface area contributed by atoms with Crippen molar-refractivity contribution in [3.63, 3.8) is 0 Å². The van der Waals surface area contributed by atoms with Crippen LogP contribution in [0.15, 0.2) is 18.2 Å². The van der Waals surface area contributed by atoms with Crippen LogP contribution in [-0.4, -0.2) is 31.1 Å². The average Bonchev–Trinajstić information content (AvgIpc) is 2.40. The minimum absolute atomic E-state index is 0. The van der Waals surface area contributed by atoms with E-state index in [0.717, 1.165) is 38.2 Å². The zero-order valence-corrected chi connectivity index (χ0v) is 14.8. The van der Waals surface area contributed by atoms with Crippen molar-refractivity contribution in [3.8, 4) is 0 Å². The molecule has 6 heteroatoms. The summed E-state index contributed by atoms with van der Waals surface area (Å²) < 4.78 is 14.1. The molecule has 0 saturated carbocycles. The molecule has 0 amide bonds. The highest BCUT2D eigenvalue weighted by Gasteiger charge is 2.25. The first-order valence-electron chi connectivity index (χ1n) is 6.97. The smallest absolute Gasteiger partial charge is 0.128 e. The largest absolute Gasteiger partial charge is 0.314 e. The second-order valence-electron chi connectivity index (χ2n) is 5.60. The van der Waals surface area contributed by atoms with Crippen LogP contribution in [0, 0.1) is 11.7 Å². The van der Waals surface area contributed by atoms with Crippen molar-refractivity contribution in [1.29, 1.82) is 0 Å². The fraction of sp³-hybridized carbons (Fsp3) is 0.600. The maximum absolute atomic E-state index is 14.1. The van der Waals surface area contributed by atoms with Gasteiger partial charge in [-0.3, -0.25) is 4.90 Å². The monoisotopic (exact) mass is 356 g/mol. The lowest BCUT2D eigenvalue weighted by Gasteiger charge is -2.36. The summed E-state index contributed by atoms with van der Waals surface area (Å²) in [4.78, 5) is 2.37. The van der Waals surface area contributed by atoms with Gasteiger partial charge >= 0.3 is 0 Å². The number of nitrogens with one attached hydrogen (secondary N) is 1. The zero-order chi connectivity index (χ0) is 13.8. The Balaban J connectivity index is 0.00000200. The lowest BCUT2D eigenvalue weighted by molar-refractivity contribution is 0.151. The van der Waals surface area contributed by atoms with Crippen LogP contribution >= 0.6 is 36.4 Å². The van der Waals surface area contributed by atoms with Gasteiger partial charge in [0.25, 0.3) is 0 Å². The van der Waals surface area contributed by atoms with Gasteiger partial charge in [0, 0.05) is 42.8 Å². The zero-order valence-electron chi connectivity index (χ0n) is 12.4. The highest BCUT2D eigenvalue weighted by atomic mass is 35.5. The van der Waals surface area contributed by atoms with Gasteiger partial charge in [0.1, 0.15) is 5.82 Å². The van der Waals surface area contributed by atoms with Gasteiger partial charge in [-0.05, 0) is 30.5 Å². The van der Waals surface area contributed by atoms with E-state index in [1.165, 1.54) is 6.07 Å². The second-order valence-corrected chi connectivity index (χ2v) is 6.03. The van der Waals surface area contributed by atoms with E-state index in [2.05, 4.69) is 24.1 Å². The standard InChI is InChI=1S/C15H22ClFN2.2ClH/c1-11(2)9-15(19-7-5-18-6-8-19)13-10-12(16)3-4-14(13)17;;/h3-4,10-11,15,18H,5-9H2,1-2H3;2*1H/t15-;;/m0../s1. The lowest BCUT2D eigenvalue weighted by atomic mass is 9.94. The van der Waals surface area contributed by atoms with E-state index < -0.39 is 0 Å². The van der Waals surface area contributed by atoms with Crippen LogP contribution in [0.25, 0.3) is 0 Å². The first-order valence-corrected chi connectivity index (χ1v) is 7.35. The molecule has 1 aromatic carbocycles. The highest BCUT2D eigenvalue weighted by molar-refractivity contribution is 6.30.